The molecule has 4 heteroatoms. The number of carbonyl (C=O) groups is 1. The number of rotatable bonds is 4. The molecule has 4 aromatic rings. The fraction of sp³-hybridized carbons (Fsp3) is 0.200. The van der Waals surface area contributed by atoms with Gasteiger partial charge in [0.1, 0.15) is 5.69 Å². The molecular weight excluding hydrogens is 420 g/mol. The van der Waals surface area contributed by atoms with Crippen LogP contribution in [0.1, 0.15) is 46.7 Å². The van der Waals surface area contributed by atoms with Crippen LogP contribution in [0, 0.1) is 0 Å². The first-order chi connectivity index (χ1) is 16.6. The Balaban J connectivity index is 1.67. The van der Waals surface area contributed by atoms with Crippen LogP contribution in [-0.4, -0.2) is 16.3 Å². The van der Waals surface area contributed by atoms with E-state index in [0.29, 0.717) is 17.0 Å². The molecule has 1 aliphatic heterocycles. The number of hydrogen-bond acceptors (Lipinski definition) is 4. The van der Waals surface area contributed by atoms with Crippen LogP contribution in [0.4, 0.5) is 0 Å². The third-order valence-electron chi connectivity index (χ3n) is 7.47. The monoisotopic (exact) mass is 446 g/mol. The third kappa shape index (κ3) is 2.95. The first-order valence-corrected chi connectivity index (χ1v) is 11.8. The molecule has 1 saturated carbocycles. The van der Waals surface area contributed by atoms with Crippen LogP contribution in [0.25, 0.3) is 11.3 Å². The molecule has 34 heavy (non-hydrogen) atoms. The van der Waals surface area contributed by atoms with Crippen molar-refractivity contribution in [3.8, 4) is 17.0 Å². The van der Waals surface area contributed by atoms with Crippen molar-refractivity contribution in [1.82, 2.24) is 4.98 Å². The Morgan fingerprint density at radius 2 is 1.44 bits per heavy atom. The van der Waals surface area contributed by atoms with Crippen LogP contribution >= 0.6 is 0 Å². The molecule has 2 N–H and O–H groups in total. The van der Waals surface area contributed by atoms with Gasteiger partial charge in [0.15, 0.2) is 17.1 Å². The molecule has 4 nitrogen and oxygen atoms in total. The van der Waals surface area contributed by atoms with Gasteiger partial charge < -0.3 is 10.5 Å². The molecule has 0 amide bonds. The van der Waals surface area contributed by atoms with Crippen molar-refractivity contribution in [2.75, 3.05) is 0 Å². The first kappa shape index (κ1) is 20.8. The molecule has 3 aromatic carbocycles. The van der Waals surface area contributed by atoms with Crippen LogP contribution in [0.2, 0.25) is 0 Å². The highest BCUT2D eigenvalue weighted by molar-refractivity contribution is 6.07. The van der Waals surface area contributed by atoms with Crippen LogP contribution in [0.3, 0.4) is 0 Å². The van der Waals surface area contributed by atoms with E-state index in [9.17, 15) is 4.79 Å². The molecule has 0 saturated heterocycles. The normalized spacial score (nSPS) is 22.9. The number of Topliss-reactive ketones (excluding diaryl/α,β-unsaturated/α-hetero) is 1. The summed E-state index contributed by atoms with van der Waals surface area (Å²) in [6.07, 6.45) is 4.28. The Kier molecular flexibility index (Phi) is 4.85. The van der Waals surface area contributed by atoms with E-state index in [-0.39, 0.29) is 5.78 Å². The van der Waals surface area contributed by atoms with Gasteiger partial charge in [-0.15, -0.1) is 0 Å². The van der Waals surface area contributed by atoms with Crippen LogP contribution in [-0.2, 0) is 5.60 Å². The molecule has 0 radical (unpaired) electrons. The largest absolute Gasteiger partial charge is 0.476 e. The second-order valence-corrected chi connectivity index (χ2v) is 9.32. The number of hydrogen-bond donors (Lipinski definition) is 1. The second kappa shape index (κ2) is 7.93. The van der Waals surface area contributed by atoms with E-state index in [4.69, 9.17) is 10.5 Å². The molecule has 1 aliphatic carbocycles. The van der Waals surface area contributed by atoms with Crippen molar-refractivity contribution in [3.05, 3.63) is 120 Å². The number of pyridine rings is 1. The maximum Gasteiger partial charge on any atom is 0.178 e. The third-order valence-corrected chi connectivity index (χ3v) is 7.47. The minimum atomic E-state index is -1.05. The molecule has 168 valence electrons. The van der Waals surface area contributed by atoms with Gasteiger partial charge in [0, 0.05) is 11.8 Å². The summed E-state index contributed by atoms with van der Waals surface area (Å²) >= 11 is 0. The van der Waals surface area contributed by atoms with Gasteiger partial charge in [0.25, 0.3) is 0 Å². The average molecular weight is 447 g/mol. The summed E-state index contributed by atoms with van der Waals surface area (Å²) in [5, 5.41) is 0. The fourth-order valence-corrected chi connectivity index (χ4v) is 5.66. The molecule has 1 aromatic heterocycles. The van der Waals surface area contributed by atoms with Gasteiger partial charge in [0.2, 0.25) is 0 Å². The zero-order valence-electron chi connectivity index (χ0n) is 18.9. The standard InChI is InChI=1S/C30H26N2O2/c31-29(18-10-19-29)30(23-15-8-3-9-16-23)25(21-11-4-1-5-12-21)27(33)24-17-20-32-26(28(24)34-30)22-13-6-2-7-14-22/h1-9,11-17,20,25H,10,18-19,31H2. The Bertz CT molecular complexity index is 1330. The van der Waals surface area contributed by atoms with Crippen molar-refractivity contribution < 1.29 is 9.53 Å². The van der Waals surface area contributed by atoms with E-state index in [2.05, 4.69) is 4.98 Å². The number of carbonyl (C=O) groups excluding carboxylic acids is 1. The zero-order chi connectivity index (χ0) is 23.2. The number of nitrogens with zero attached hydrogens (tertiary/aromatic N) is 1. The van der Waals surface area contributed by atoms with Gasteiger partial charge in [-0.3, -0.25) is 9.78 Å². The van der Waals surface area contributed by atoms with Crippen LogP contribution in [0.15, 0.2) is 103 Å². The minimum absolute atomic E-state index is 0.0209. The summed E-state index contributed by atoms with van der Waals surface area (Å²) in [6.45, 7) is 0. The Labute approximate surface area is 199 Å². The Morgan fingerprint density at radius 1 is 0.824 bits per heavy atom. The molecule has 2 atom stereocenters. The SMILES string of the molecule is NC1(C2(c3ccccc3)Oc3c(ccnc3-c3ccccc3)C(=O)C2c2ccccc2)CCC1. The molecular formula is C30H26N2O2. The number of benzene rings is 3. The number of ketones is 1. The van der Waals surface area contributed by atoms with Crippen LogP contribution in [0.5, 0.6) is 5.75 Å². The minimum Gasteiger partial charge on any atom is -0.476 e. The van der Waals surface area contributed by atoms with Gasteiger partial charge in [-0.1, -0.05) is 91.0 Å². The van der Waals surface area contributed by atoms with Gasteiger partial charge in [-0.2, -0.15) is 0 Å². The number of fused-ring (bicyclic) bond motifs is 1. The predicted octanol–water partition coefficient (Wildman–Crippen LogP) is 5.88. The number of ether oxygens (including phenoxy) is 1. The zero-order valence-corrected chi connectivity index (χ0v) is 18.9. The summed E-state index contributed by atoms with van der Waals surface area (Å²) < 4.78 is 7.13. The van der Waals surface area contributed by atoms with Crippen molar-refractivity contribution in [2.45, 2.75) is 36.3 Å². The summed E-state index contributed by atoms with van der Waals surface area (Å²) in [7, 11) is 0. The quantitative estimate of drug-likeness (QED) is 0.425. The number of aromatic nitrogens is 1. The molecule has 6 rings (SSSR count). The number of nitrogens with two attached hydrogens (primary N) is 1. The molecule has 2 unspecified atom stereocenters. The van der Waals surface area contributed by atoms with Crippen molar-refractivity contribution >= 4 is 5.78 Å². The highest BCUT2D eigenvalue weighted by Gasteiger charge is 2.64. The lowest BCUT2D eigenvalue weighted by atomic mass is 9.55. The summed E-state index contributed by atoms with van der Waals surface area (Å²) in [6, 6.07) is 31.6. The lowest BCUT2D eigenvalue weighted by molar-refractivity contribution is -0.0738. The smallest absolute Gasteiger partial charge is 0.178 e. The summed E-state index contributed by atoms with van der Waals surface area (Å²) in [4.78, 5) is 19.1. The van der Waals surface area contributed by atoms with E-state index in [1.165, 1.54) is 0 Å². The topological polar surface area (TPSA) is 65.2 Å². The summed E-state index contributed by atoms with van der Waals surface area (Å²) in [5.41, 5.74) is 9.41. The molecule has 0 spiro atoms. The van der Waals surface area contributed by atoms with E-state index < -0.39 is 17.1 Å². The van der Waals surface area contributed by atoms with Crippen molar-refractivity contribution in [1.29, 1.82) is 0 Å². The lowest BCUT2D eigenvalue weighted by Gasteiger charge is -2.58. The van der Waals surface area contributed by atoms with Gasteiger partial charge in [-0.05, 0) is 36.5 Å². The summed E-state index contributed by atoms with van der Waals surface area (Å²) in [5.74, 6) is -0.0287. The van der Waals surface area contributed by atoms with Crippen molar-refractivity contribution in [3.63, 3.8) is 0 Å². The van der Waals surface area contributed by atoms with Gasteiger partial charge in [0.05, 0.1) is 17.0 Å². The average Bonchev–Trinajstić information content (AvgIpc) is 2.88. The highest BCUT2D eigenvalue weighted by atomic mass is 16.5. The van der Waals surface area contributed by atoms with Gasteiger partial charge in [-0.25, -0.2) is 0 Å². The van der Waals surface area contributed by atoms with E-state index in [0.717, 1.165) is 36.0 Å². The Hall–Kier alpha value is -3.76. The van der Waals surface area contributed by atoms with Crippen molar-refractivity contribution in [2.24, 2.45) is 5.73 Å². The van der Waals surface area contributed by atoms with E-state index in [1.807, 2.05) is 91.0 Å². The van der Waals surface area contributed by atoms with E-state index in [1.54, 1.807) is 12.3 Å². The fourth-order valence-electron chi connectivity index (χ4n) is 5.66. The maximum absolute atomic E-state index is 14.4. The van der Waals surface area contributed by atoms with E-state index >= 15 is 0 Å². The highest BCUT2D eigenvalue weighted by Crippen LogP contribution is 2.59. The maximum atomic E-state index is 14.4. The van der Waals surface area contributed by atoms with Crippen LogP contribution < -0.4 is 10.5 Å². The lowest BCUT2D eigenvalue weighted by Crippen LogP contribution is -2.69. The predicted molar refractivity (Wildman–Crippen MR) is 133 cm³/mol. The molecule has 2 heterocycles. The molecule has 1 fully saturated rings. The van der Waals surface area contributed by atoms with Gasteiger partial charge >= 0.3 is 0 Å². The molecule has 2 aliphatic rings. The Morgan fingerprint density at radius 3 is 2.06 bits per heavy atom. The first-order valence-electron chi connectivity index (χ1n) is 11.8. The second-order valence-electron chi connectivity index (χ2n) is 9.32. The molecule has 0 bridgehead atoms.